The van der Waals surface area contributed by atoms with E-state index in [1.165, 1.54) is 10.5 Å². The second-order valence-electron chi connectivity index (χ2n) is 7.55. The van der Waals surface area contributed by atoms with Crippen LogP contribution in [0, 0.1) is 0 Å². The summed E-state index contributed by atoms with van der Waals surface area (Å²) in [6, 6.07) is 9.56. The fraction of sp³-hybridized carbons (Fsp3) is 0.632. The van der Waals surface area contributed by atoms with Crippen LogP contribution in [-0.2, 0) is 14.8 Å². The molecule has 2 aliphatic rings. The van der Waals surface area contributed by atoms with Crippen molar-refractivity contribution in [1.29, 1.82) is 0 Å². The first-order valence-corrected chi connectivity index (χ1v) is 11.4. The van der Waals surface area contributed by atoms with Crippen LogP contribution in [0.1, 0.15) is 43.6 Å². The maximum atomic E-state index is 11.6. The van der Waals surface area contributed by atoms with Crippen LogP contribution >= 0.6 is 0 Å². The van der Waals surface area contributed by atoms with Crippen molar-refractivity contribution in [3.8, 4) is 0 Å². The van der Waals surface area contributed by atoms with Crippen LogP contribution in [-0.4, -0.2) is 62.1 Å². The lowest BCUT2D eigenvalue weighted by Gasteiger charge is -2.32. The highest BCUT2D eigenvalue weighted by molar-refractivity contribution is 7.88. The average Bonchev–Trinajstić information content (AvgIpc) is 3.02. The molecular weight excluding hydrogens is 368 g/mol. The molecular formula is C19H28N2O5S. The third-order valence-corrected chi connectivity index (χ3v) is 6.34. The molecule has 0 aromatic heterocycles. The number of likely N-dealkylation sites (tertiary alicyclic amines) is 1. The van der Waals surface area contributed by atoms with Crippen molar-refractivity contribution < 1.29 is 23.1 Å². The number of hydrogen-bond acceptors (Lipinski definition) is 4. The lowest BCUT2D eigenvalue weighted by atomic mass is 9.83. The molecule has 150 valence electrons. The molecule has 1 aromatic rings. The SMILES string of the molecule is CS(=O)(=O)NC1CCN(C(=O)O)C1COC1CCC(c2ccccc2)CC1. The van der Waals surface area contributed by atoms with E-state index in [0.717, 1.165) is 31.9 Å². The lowest BCUT2D eigenvalue weighted by molar-refractivity contribution is -0.00401. The first-order valence-electron chi connectivity index (χ1n) is 9.47. The van der Waals surface area contributed by atoms with Crippen molar-refractivity contribution in [2.24, 2.45) is 0 Å². The third-order valence-electron chi connectivity index (χ3n) is 5.60. The van der Waals surface area contributed by atoms with Crippen molar-refractivity contribution in [1.82, 2.24) is 9.62 Å². The van der Waals surface area contributed by atoms with Crippen molar-refractivity contribution in [3.63, 3.8) is 0 Å². The maximum Gasteiger partial charge on any atom is 0.407 e. The molecule has 1 aromatic carbocycles. The number of benzene rings is 1. The quantitative estimate of drug-likeness (QED) is 0.770. The zero-order valence-electron chi connectivity index (χ0n) is 15.6. The number of carboxylic acid groups (broad SMARTS) is 1. The van der Waals surface area contributed by atoms with Crippen molar-refractivity contribution in [3.05, 3.63) is 35.9 Å². The molecule has 0 spiro atoms. The average molecular weight is 397 g/mol. The monoisotopic (exact) mass is 396 g/mol. The van der Waals surface area contributed by atoms with E-state index in [1.807, 2.05) is 6.07 Å². The highest BCUT2D eigenvalue weighted by Crippen LogP contribution is 2.34. The molecule has 8 heteroatoms. The van der Waals surface area contributed by atoms with E-state index >= 15 is 0 Å². The van der Waals surface area contributed by atoms with Gasteiger partial charge in [0.15, 0.2) is 0 Å². The number of ether oxygens (including phenoxy) is 1. The molecule has 27 heavy (non-hydrogen) atoms. The van der Waals surface area contributed by atoms with Crippen molar-refractivity contribution >= 4 is 16.1 Å². The van der Waals surface area contributed by atoms with Gasteiger partial charge in [0.25, 0.3) is 0 Å². The second-order valence-corrected chi connectivity index (χ2v) is 9.33. The van der Waals surface area contributed by atoms with E-state index in [-0.39, 0.29) is 12.7 Å². The standard InChI is InChI=1S/C19H28N2O5S/c1-27(24,25)20-17-11-12-21(19(22)23)18(17)13-26-16-9-7-15(8-10-16)14-5-3-2-4-6-14/h2-6,15-18,20H,7-13H2,1H3,(H,22,23). The number of hydrogen-bond donors (Lipinski definition) is 2. The summed E-state index contributed by atoms with van der Waals surface area (Å²) in [7, 11) is -3.40. The summed E-state index contributed by atoms with van der Waals surface area (Å²) in [5.74, 6) is 0.549. The van der Waals surface area contributed by atoms with Crippen LogP contribution in [0.15, 0.2) is 30.3 Å². The highest BCUT2D eigenvalue weighted by atomic mass is 32.2. The van der Waals surface area contributed by atoms with Crippen LogP contribution in [0.25, 0.3) is 0 Å². The molecule has 1 aliphatic carbocycles. The summed E-state index contributed by atoms with van der Waals surface area (Å²) in [5.41, 5.74) is 1.36. The molecule has 1 saturated carbocycles. The van der Waals surface area contributed by atoms with Crippen LogP contribution in [0.2, 0.25) is 0 Å². The zero-order valence-corrected chi connectivity index (χ0v) is 16.4. The Balaban J connectivity index is 1.53. The molecule has 1 heterocycles. The molecule has 1 amide bonds. The number of rotatable bonds is 6. The van der Waals surface area contributed by atoms with E-state index in [0.29, 0.717) is 18.9 Å². The number of sulfonamides is 1. The zero-order chi connectivity index (χ0) is 19.4. The van der Waals surface area contributed by atoms with Crippen LogP contribution in [0.5, 0.6) is 0 Å². The summed E-state index contributed by atoms with van der Waals surface area (Å²) in [6.07, 6.45) is 4.59. The lowest BCUT2D eigenvalue weighted by Crippen LogP contribution is -2.49. The minimum Gasteiger partial charge on any atom is -0.465 e. The molecule has 0 radical (unpaired) electrons. The number of carbonyl (C=O) groups is 1. The Morgan fingerprint density at radius 3 is 2.44 bits per heavy atom. The Morgan fingerprint density at radius 2 is 1.85 bits per heavy atom. The van der Waals surface area contributed by atoms with E-state index in [4.69, 9.17) is 4.74 Å². The van der Waals surface area contributed by atoms with Crippen LogP contribution in [0.3, 0.4) is 0 Å². The van der Waals surface area contributed by atoms with Crippen LogP contribution < -0.4 is 4.72 Å². The Bertz CT molecular complexity index is 732. The Morgan fingerprint density at radius 1 is 1.19 bits per heavy atom. The van der Waals surface area contributed by atoms with Gasteiger partial charge in [-0.2, -0.15) is 0 Å². The molecule has 1 aliphatic heterocycles. The molecule has 0 bridgehead atoms. The van der Waals surface area contributed by atoms with Gasteiger partial charge in [-0.1, -0.05) is 30.3 Å². The third kappa shape index (κ3) is 5.43. The van der Waals surface area contributed by atoms with Gasteiger partial charge in [0.2, 0.25) is 10.0 Å². The van der Waals surface area contributed by atoms with Gasteiger partial charge in [0, 0.05) is 12.6 Å². The normalized spacial score (nSPS) is 29.0. The van der Waals surface area contributed by atoms with Crippen LogP contribution in [0.4, 0.5) is 4.79 Å². The summed E-state index contributed by atoms with van der Waals surface area (Å²) in [6.45, 7) is 0.539. The number of nitrogens with zero attached hydrogens (tertiary/aromatic N) is 1. The van der Waals surface area contributed by atoms with E-state index in [9.17, 15) is 18.3 Å². The highest BCUT2D eigenvalue weighted by Gasteiger charge is 2.39. The van der Waals surface area contributed by atoms with E-state index in [2.05, 4.69) is 29.0 Å². The summed E-state index contributed by atoms with van der Waals surface area (Å²) in [5, 5.41) is 9.39. The molecule has 1 saturated heterocycles. The van der Waals surface area contributed by atoms with Gasteiger partial charge in [-0.3, -0.25) is 0 Å². The molecule has 2 unspecified atom stereocenters. The molecule has 2 N–H and O–H groups in total. The Kier molecular flexibility index (Phi) is 6.39. The Hall–Kier alpha value is -1.64. The maximum absolute atomic E-state index is 11.6. The fourth-order valence-corrected chi connectivity index (χ4v) is 5.06. The minimum absolute atomic E-state index is 0.0973. The Labute approximate surface area is 160 Å². The predicted molar refractivity (Wildman–Crippen MR) is 102 cm³/mol. The molecule has 7 nitrogen and oxygen atoms in total. The summed E-state index contributed by atoms with van der Waals surface area (Å²) in [4.78, 5) is 12.8. The largest absolute Gasteiger partial charge is 0.465 e. The van der Waals surface area contributed by atoms with Gasteiger partial charge in [0.1, 0.15) is 0 Å². The smallest absolute Gasteiger partial charge is 0.407 e. The summed E-state index contributed by atoms with van der Waals surface area (Å²) >= 11 is 0. The van der Waals surface area contributed by atoms with Gasteiger partial charge >= 0.3 is 6.09 Å². The first-order chi connectivity index (χ1) is 12.8. The van der Waals surface area contributed by atoms with E-state index < -0.39 is 28.2 Å². The van der Waals surface area contributed by atoms with Gasteiger partial charge in [-0.25, -0.2) is 17.9 Å². The minimum atomic E-state index is -3.40. The van der Waals surface area contributed by atoms with Crippen molar-refractivity contribution in [2.75, 3.05) is 19.4 Å². The fourth-order valence-electron chi connectivity index (χ4n) is 4.23. The van der Waals surface area contributed by atoms with Crippen molar-refractivity contribution in [2.45, 2.75) is 56.2 Å². The molecule has 3 rings (SSSR count). The molecule has 2 atom stereocenters. The van der Waals surface area contributed by atoms with E-state index in [1.54, 1.807) is 0 Å². The summed E-state index contributed by atoms with van der Waals surface area (Å²) < 4.78 is 31.7. The second kappa shape index (κ2) is 8.58. The molecule has 2 fully saturated rings. The topological polar surface area (TPSA) is 95.9 Å². The number of amides is 1. The van der Waals surface area contributed by atoms with Gasteiger partial charge in [-0.05, 0) is 43.6 Å². The number of nitrogens with one attached hydrogen (secondary N) is 1. The first kappa shape index (κ1) is 20.1. The van der Waals surface area contributed by atoms with Gasteiger partial charge in [0.05, 0.1) is 25.0 Å². The van der Waals surface area contributed by atoms with Gasteiger partial charge in [-0.15, -0.1) is 0 Å². The van der Waals surface area contributed by atoms with Gasteiger partial charge < -0.3 is 14.7 Å². The predicted octanol–water partition coefficient (Wildman–Crippen LogP) is 2.40.